The van der Waals surface area contributed by atoms with Crippen molar-refractivity contribution >= 4 is 11.8 Å². The maximum Gasteiger partial charge on any atom is 0.160 e. The molecule has 2 aliphatic rings. The molecule has 0 spiro atoms. The molecule has 3 rings (SSSR count). The molecule has 2 saturated heterocycles. The van der Waals surface area contributed by atoms with E-state index in [9.17, 15) is 5.11 Å². The average Bonchev–Trinajstić information content (AvgIpc) is 2.99. The normalized spacial score (nSPS) is 29.6. The Bertz CT molecular complexity index is 514. The monoisotopic (exact) mass is 324 g/mol. The summed E-state index contributed by atoms with van der Waals surface area (Å²) in [5.41, 5.74) is 1.15. The van der Waals surface area contributed by atoms with Gasteiger partial charge in [0.15, 0.2) is 11.5 Å². The van der Waals surface area contributed by atoms with E-state index < -0.39 is 0 Å². The largest absolute Gasteiger partial charge is 0.504 e. The van der Waals surface area contributed by atoms with E-state index in [2.05, 4.69) is 17.1 Å². The molecule has 2 aliphatic heterocycles. The number of phenols is 1. The number of nitrogens with one attached hydrogen (secondary N) is 1. The number of benzene rings is 1. The molecule has 1 aromatic rings. The van der Waals surface area contributed by atoms with Crippen LogP contribution in [0.25, 0.3) is 0 Å². The maximum absolute atomic E-state index is 9.70. The molecule has 0 saturated carbocycles. The second-order valence-corrected chi connectivity index (χ2v) is 7.07. The topological polar surface area (TPSA) is 54.0 Å². The van der Waals surface area contributed by atoms with Crippen LogP contribution in [0, 0.1) is 0 Å². The van der Waals surface area contributed by atoms with E-state index in [-0.39, 0.29) is 11.1 Å². The van der Waals surface area contributed by atoms with Gasteiger partial charge < -0.3 is 14.6 Å². The fraction of sp³-hybridized carbons (Fsp3) is 0.625. The Hall–Kier alpha value is -0.950. The first kappa shape index (κ1) is 15.9. The van der Waals surface area contributed by atoms with Crippen molar-refractivity contribution in [3.8, 4) is 11.5 Å². The number of hydrogen-bond acceptors (Lipinski definition) is 6. The van der Waals surface area contributed by atoms with Gasteiger partial charge in [-0.1, -0.05) is 6.07 Å². The van der Waals surface area contributed by atoms with Gasteiger partial charge in [-0.15, -0.1) is 11.8 Å². The zero-order valence-corrected chi connectivity index (χ0v) is 13.9. The predicted octanol–water partition coefficient (Wildman–Crippen LogP) is 1.83. The highest BCUT2D eigenvalue weighted by Gasteiger charge is 2.29. The molecule has 122 valence electrons. The summed E-state index contributed by atoms with van der Waals surface area (Å²) in [6, 6.07) is 6.55. The lowest BCUT2D eigenvalue weighted by atomic mass is 10.1. The molecule has 2 fully saturated rings. The van der Waals surface area contributed by atoms with Crippen LogP contribution >= 0.6 is 11.8 Å². The number of nitrogens with zero attached hydrogens (tertiary/aromatic N) is 1. The first-order valence-electron chi connectivity index (χ1n) is 7.73. The maximum atomic E-state index is 9.70. The highest BCUT2D eigenvalue weighted by molar-refractivity contribution is 7.99. The van der Waals surface area contributed by atoms with Gasteiger partial charge in [0.05, 0.1) is 25.7 Å². The van der Waals surface area contributed by atoms with Crippen LogP contribution in [0.4, 0.5) is 0 Å². The summed E-state index contributed by atoms with van der Waals surface area (Å²) in [6.45, 7) is 5.97. The van der Waals surface area contributed by atoms with Crippen molar-refractivity contribution in [2.45, 2.75) is 24.4 Å². The van der Waals surface area contributed by atoms with Gasteiger partial charge in [0.25, 0.3) is 0 Å². The standard InChI is InChI=1S/C16H24N2O3S/c1-11-9-21-6-5-18(11)8-13-10-22-16(17-13)12-3-4-14(19)15(7-12)20-2/h3-4,7,11,13,16-17,19H,5-6,8-10H2,1-2H3. The van der Waals surface area contributed by atoms with Crippen LogP contribution in [0.3, 0.4) is 0 Å². The van der Waals surface area contributed by atoms with E-state index in [0.717, 1.165) is 37.6 Å². The summed E-state index contributed by atoms with van der Waals surface area (Å²) in [5, 5.41) is 13.7. The smallest absolute Gasteiger partial charge is 0.160 e. The summed E-state index contributed by atoms with van der Waals surface area (Å²) in [4.78, 5) is 2.50. The third kappa shape index (κ3) is 3.51. The van der Waals surface area contributed by atoms with Gasteiger partial charge in [-0.2, -0.15) is 0 Å². The number of ether oxygens (including phenoxy) is 2. The minimum Gasteiger partial charge on any atom is -0.504 e. The van der Waals surface area contributed by atoms with Gasteiger partial charge >= 0.3 is 0 Å². The number of aromatic hydroxyl groups is 1. The van der Waals surface area contributed by atoms with E-state index >= 15 is 0 Å². The molecule has 0 amide bonds. The van der Waals surface area contributed by atoms with Crippen LogP contribution < -0.4 is 10.1 Å². The Morgan fingerprint density at radius 2 is 2.36 bits per heavy atom. The lowest BCUT2D eigenvalue weighted by Gasteiger charge is -2.34. The van der Waals surface area contributed by atoms with E-state index in [4.69, 9.17) is 9.47 Å². The van der Waals surface area contributed by atoms with Crippen molar-refractivity contribution in [3.05, 3.63) is 23.8 Å². The third-order valence-electron chi connectivity index (χ3n) is 4.32. The van der Waals surface area contributed by atoms with E-state index in [0.29, 0.717) is 17.8 Å². The Morgan fingerprint density at radius 1 is 1.50 bits per heavy atom. The highest BCUT2D eigenvalue weighted by atomic mass is 32.2. The van der Waals surface area contributed by atoms with Crippen molar-refractivity contribution in [2.75, 3.05) is 39.2 Å². The fourth-order valence-corrected chi connectivity index (χ4v) is 4.25. The molecular weight excluding hydrogens is 300 g/mol. The molecule has 3 unspecified atom stereocenters. The zero-order chi connectivity index (χ0) is 15.5. The van der Waals surface area contributed by atoms with Crippen LogP contribution in [0.1, 0.15) is 17.9 Å². The molecule has 0 aliphatic carbocycles. The fourth-order valence-electron chi connectivity index (χ4n) is 2.99. The lowest BCUT2D eigenvalue weighted by Crippen LogP contribution is -2.49. The van der Waals surface area contributed by atoms with Crippen LogP contribution in [0.2, 0.25) is 0 Å². The van der Waals surface area contributed by atoms with Crippen molar-refractivity contribution < 1.29 is 14.6 Å². The molecule has 0 aromatic heterocycles. The molecule has 5 nitrogen and oxygen atoms in total. The number of rotatable bonds is 4. The number of hydrogen-bond donors (Lipinski definition) is 2. The summed E-state index contributed by atoms with van der Waals surface area (Å²) in [5.74, 6) is 1.82. The molecule has 2 heterocycles. The van der Waals surface area contributed by atoms with Crippen LogP contribution in [-0.4, -0.2) is 61.3 Å². The number of thioether (sulfide) groups is 1. The van der Waals surface area contributed by atoms with Crippen LogP contribution in [0.15, 0.2) is 18.2 Å². The lowest BCUT2D eigenvalue weighted by molar-refractivity contribution is -0.00311. The first-order valence-corrected chi connectivity index (χ1v) is 8.78. The van der Waals surface area contributed by atoms with Gasteiger partial charge in [0, 0.05) is 30.9 Å². The Balaban J connectivity index is 1.60. The van der Waals surface area contributed by atoms with Gasteiger partial charge in [0.1, 0.15) is 0 Å². The zero-order valence-electron chi connectivity index (χ0n) is 13.1. The molecule has 3 atom stereocenters. The SMILES string of the molecule is COc1cc(C2NC(CN3CCOCC3C)CS2)ccc1O. The van der Waals surface area contributed by atoms with Crippen molar-refractivity contribution in [1.29, 1.82) is 0 Å². The van der Waals surface area contributed by atoms with Gasteiger partial charge in [-0.25, -0.2) is 0 Å². The van der Waals surface area contributed by atoms with E-state index in [1.807, 2.05) is 23.9 Å². The highest BCUT2D eigenvalue weighted by Crippen LogP contribution is 2.37. The first-order chi connectivity index (χ1) is 10.7. The van der Waals surface area contributed by atoms with Gasteiger partial charge in [-0.3, -0.25) is 10.2 Å². The molecule has 2 N–H and O–H groups in total. The quantitative estimate of drug-likeness (QED) is 0.881. The molecule has 22 heavy (non-hydrogen) atoms. The van der Waals surface area contributed by atoms with Gasteiger partial charge in [0.2, 0.25) is 0 Å². The second kappa shape index (κ2) is 7.08. The molecule has 1 aromatic carbocycles. The number of phenolic OH excluding ortho intramolecular Hbond substituents is 1. The van der Waals surface area contributed by atoms with Crippen molar-refractivity contribution in [2.24, 2.45) is 0 Å². The minimum absolute atomic E-state index is 0.188. The average molecular weight is 324 g/mol. The minimum atomic E-state index is 0.188. The summed E-state index contributed by atoms with van der Waals surface area (Å²) in [7, 11) is 1.58. The van der Waals surface area contributed by atoms with Gasteiger partial charge in [-0.05, 0) is 24.6 Å². The Kier molecular flexibility index (Phi) is 5.13. The third-order valence-corrected chi connectivity index (χ3v) is 5.65. The van der Waals surface area contributed by atoms with Crippen LogP contribution in [0.5, 0.6) is 11.5 Å². The summed E-state index contributed by atoms with van der Waals surface area (Å²) in [6.07, 6.45) is 0. The summed E-state index contributed by atoms with van der Waals surface area (Å²) < 4.78 is 10.7. The molecule has 0 radical (unpaired) electrons. The number of methoxy groups -OCH3 is 1. The second-order valence-electron chi connectivity index (χ2n) is 5.93. The van der Waals surface area contributed by atoms with Crippen LogP contribution in [-0.2, 0) is 4.74 Å². The van der Waals surface area contributed by atoms with E-state index in [1.54, 1.807) is 13.2 Å². The Labute approximate surface area is 136 Å². The predicted molar refractivity (Wildman–Crippen MR) is 88.6 cm³/mol. The van der Waals surface area contributed by atoms with Crippen molar-refractivity contribution in [3.63, 3.8) is 0 Å². The molecule has 0 bridgehead atoms. The molecule has 6 heteroatoms. The summed E-state index contributed by atoms with van der Waals surface area (Å²) >= 11 is 1.91. The Morgan fingerprint density at radius 3 is 3.14 bits per heavy atom. The van der Waals surface area contributed by atoms with Crippen molar-refractivity contribution in [1.82, 2.24) is 10.2 Å². The number of morpholine rings is 1. The van der Waals surface area contributed by atoms with E-state index in [1.165, 1.54) is 0 Å². The molecular formula is C16H24N2O3S.